The molecule has 0 unspecified atom stereocenters. The fourth-order valence-corrected chi connectivity index (χ4v) is 4.54. The summed E-state index contributed by atoms with van der Waals surface area (Å²) >= 11 is 0. The highest BCUT2D eigenvalue weighted by Crippen LogP contribution is 2.31. The Bertz CT molecular complexity index is 1340. The summed E-state index contributed by atoms with van der Waals surface area (Å²) in [5.74, 6) is -0.360. The van der Waals surface area contributed by atoms with Gasteiger partial charge in [-0.3, -0.25) is 9.59 Å². The average Bonchev–Trinajstić information content (AvgIpc) is 2.93. The number of aliphatic carboxylic acids is 1. The number of rotatable bonds is 14. The lowest BCUT2D eigenvalue weighted by Crippen LogP contribution is -2.34. The van der Waals surface area contributed by atoms with E-state index in [0.717, 1.165) is 41.6 Å². The van der Waals surface area contributed by atoms with Crippen LogP contribution in [0.3, 0.4) is 0 Å². The summed E-state index contributed by atoms with van der Waals surface area (Å²) in [6, 6.07) is 17.0. The zero-order chi connectivity index (χ0) is 29.1. The van der Waals surface area contributed by atoms with Crippen LogP contribution in [-0.4, -0.2) is 33.7 Å². The number of nitrogens with zero attached hydrogens (tertiary/aromatic N) is 1. The van der Waals surface area contributed by atoms with Gasteiger partial charge < -0.3 is 20.3 Å². The SMILES string of the molecule is CCC(CC)(CC(=O)Nc1cccc(C=Cc2nc(OCCCCc3ccc(O)c(C)c3)ccc2C)c1)C(=O)O. The van der Waals surface area contributed by atoms with E-state index < -0.39 is 11.4 Å². The van der Waals surface area contributed by atoms with Gasteiger partial charge in [0.2, 0.25) is 11.8 Å². The zero-order valence-electron chi connectivity index (χ0n) is 23.9. The van der Waals surface area contributed by atoms with Crippen LogP contribution in [0.5, 0.6) is 11.6 Å². The molecule has 0 spiro atoms. The predicted molar refractivity (Wildman–Crippen MR) is 160 cm³/mol. The van der Waals surface area contributed by atoms with E-state index in [2.05, 4.69) is 10.3 Å². The number of carboxylic acids is 1. The molecule has 3 rings (SSSR count). The Kier molecular flexibility index (Phi) is 10.9. The molecule has 0 aliphatic carbocycles. The number of nitrogens with one attached hydrogen (secondary N) is 1. The highest BCUT2D eigenvalue weighted by Gasteiger charge is 2.37. The summed E-state index contributed by atoms with van der Waals surface area (Å²) in [5, 5.41) is 22.1. The van der Waals surface area contributed by atoms with Gasteiger partial charge in [-0.05, 0) is 92.5 Å². The first kappa shape index (κ1) is 30.4. The molecule has 7 nitrogen and oxygen atoms in total. The van der Waals surface area contributed by atoms with E-state index in [-0.39, 0.29) is 12.3 Å². The summed E-state index contributed by atoms with van der Waals surface area (Å²) in [4.78, 5) is 29.0. The van der Waals surface area contributed by atoms with Crippen molar-refractivity contribution in [1.29, 1.82) is 0 Å². The Morgan fingerprint density at radius 2 is 1.75 bits per heavy atom. The lowest BCUT2D eigenvalue weighted by molar-refractivity contribution is -0.151. The van der Waals surface area contributed by atoms with Crippen LogP contribution in [0.15, 0.2) is 54.6 Å². The van der Waals surface area contributed by atoms with Crippen LogP contribution in [0, 0.1) is 19.3 Å². The molecular weight excluding hydrogens is 504 g/mol. The molecule has 40 heavy (non-hydrogen) atoms. The quantitative estimate of drug-likeness (QED) is 0.185. The second kappa shape index (κ2) is 14.3. The number of carboxylic acid groups (broad SMARTS) is 1. The molecular formula is C33H40N2O5. The maximum Gasteiger partial charge on any atom is 0.310 e. The smallest absolute Gasteiger partial charge is 0.310 e. The lowest BCUT2D eigenvalue weighted by atomic mass is 9.79. The zero-order valence-corrected chi connectivity index (χ0v) is 23.9. The molecule has 0 saturated carbocycles. The minimum absolute atomic E-state index is 0.0677. The molecule has 2 aromatic carbocycles. The number of phenolic OH excluding ortho intramolecular Hbond substituents is 1. The number of hydrogen-bond acceptors (Lipinski definition) is 5. The molecule has 0 radical (unpaired) electrons. The summed E-state index contributed by atoms with van der Waals surface area (Å²) in [6.07, 6.45) is 7.35. The number of anilines is 1. The lowest BCUT2D eigenvalue weighted by Gasteiger charge is -2.25. The molecule has 3 N–H and O–H groups in total. The van der Waals surface area contributed by atoms with Gasteiger partial charge >= 0.3 is 5.97 Å². The molecule has 1 heterocycles. The van der Waals surface area contributed by atoms with Crippen LogP contribution in [0.2, 0.25) is 0 Å². The van der Waals surface area contributed by atoms with E-state index in [0.29, 0.717) is 36.8 Å². The maximum atomic E-state index is 12.6. The van der Waals surface area contributed by atoms with Gasteiger partial charge in [-0.2, -0.15) is 0 Å². The van der Waals surface area contributed by atoms with E-state index in [1.54, 1.807) is 26.0 Å². The molecule has 0 aliphatic heterocycles. The Hall–Kier alpha value is -4.13. The Morgan fingerprint density at radius 1 is 0.975 bits per heavy atom. The van der Waals surface area contributed by atoms with Crippen molar-refractivity contribution in [2.75, 3.05) is 11.9 Å². The Morgan fingerprint density at radius 3 is 2.45 bits per heavy atom. The third kappa shape index (κ3) is 8.43. The molecule has 1 amide bonds. The third-order valence-corrected chi connectivity index (χ3v) is 7.39. The number of aryl methyl sites for hydroxylation is 3. The number of benzene rings is 2. The number of unbranched alkanes of at least 4 members (excludes halogenated alkanes) is 1. The third-order valence-electron chi connectivity index (χ3n) is 7.39. The van der Waals surface area contributed by atoms with Crippen LogP contribution in [0.25, 0.3) is 12.2 Å². The monoisotopic (exact) mass is 544 g/mol. The van der Waals surface area contributed by atoms with E-state index in [1.807, 2.05) is 68.5 Å². The molecule has 0 bridgehead atoms. The Labute approximate surface area is 236 Å². The molecule has 7 heteroatoms. The summed E-state index contributed by atoms with van der Waals surface area (Å²) in [6.45, 7) is 8.05. The molecule has 3 aromatic rings. The average molecular weight is 545 g/mol. The van der Waals surface area contributed by atoms with Gasteiger partial charge in [-0.15, -0.1) is 0 Å². The van der Waals surface area contributed by atoms with E-state index >= 15 is 0 Å². The molecule has 0 aliphatic rings. The number of ether oxygens (including phenoxy) is 1. The van der Waals surface area contributed by atoms with Gasteiger partial charge in [0.15, 0.2) is 0 Å². The number of phenols is 1. The minimum atomic E-state index is -1.05. The molecule has 212 valence electrons. The predicted octanol–water partition coefficient (Wildman–Crippen LogP) is 7.20. The first-order chi connectivity index (χ1) is 19.2. The van der Waals surface area contributed by atoms with Gasteiger partial charge in [0, 0.05) is 18.2 Å². The topological polar surface area (TPSA) is 109 Å². The van der Waals surface area contributed by atoms with Crippen LogP contribution in [0.1, 0.15) is 73.9 Å². The standard InChI is InChI=1S/C33H40N2O5/c1-5-33(6-2,32(38)39)22-30(37)34-27-12-9-11-26(21-27)14-16-28-23(3)13-18-31(35-28)40-19-8-7-10-25-15-17-29(36)24(4)20-25/h9,11-18,20-21,36H,5-8,10,19,22H2,1-4H3,(H,34,37)(H,38,39). The summed E-state index contributed by atoms with van der Waals surface area (Å²) in [7, 11) is 0. The van der Waals surface area contributed by atoms with Crippen molar-refractivity contribution in [3.05, 3.63) is 82.5 Å². The number of carbonyl (C=O) groups excluding carboxylic acids is 1. The second-order valence-corrected chi connectivity index (χ2v) is 10.3. The van der Waals surface area contributed by atoms with Gasteiger partial charge in [0.25, 0.3) is 0 Å². The van der Waals surface area contributed by atoms with Crippen molar-refractivity contribution in [1.82, 2.24) is 4.98 Å². The van der Waals surface area contributed by atoms with Crippen LogP contribution in [-0.2, 0) is 16.0 Å². The molecule has 0 saturated heterocycles. The van der Waals surface area contributed by atoms with Crippen LogP contribution in [0.4, 0.5) is 5.69 Å². The van der Waals surface area contributed by atoms with Crippen molar-refractivity contribution < 1.29 is 24.5 Å². The normalized spacial score (nSPS) is 11.5. The molecule has 1 aromatic heterocycles. The highest BCUT2D eigenvalue weighted by atomic mass is 16.5. The van der Waals surface area contributed by atoms with Gasteiger partial charge in [-0.25, -0.2) is 4.98 Å². The number of carbonyl (C=O) groups is 2. The van der Waals surface area contributed by atoms with E-state index in [4.69, 9.17) is 4.74 Å². The second-order valence-electron chi connectivity index (χ2n) is 10.3. The van der Waals surface area contributed by atoms with Crippen molar-refractivity contribution in [2.24, 2.45) is 5.41 Å². The Balaban J connectivity index is 1.56. The van der Waals surface area contributed by atoms with Crippen molar-refractivity contribution in [3.8, 4) is 11.6 Å². The van der Waals surface area contributed by atoms with E-state index in [1.165, 1.54) is 5.56 Å². The van der Waals surface area contributed by atoms with Crippen molar-refractivity contribution in [3.63, 3.8) is 0 Å². The number of amides is 1. The minimum Gasteiger partial charge on any atom is -0.508 e. The van der Waals surface area contributed by atoms with Gasteiger partial charge in [0.05, 0.1) is 17.7 Å². The van der Waals surface area contributed by atoms with Crippen LogP contribution < -0.4 is 10.1 Å². The number of pyridine rings is 1. The molecule has 0 atom stereocenters. The first-order valence-electron chi connectivity index (χ1n) is 13.9. The number of hydrogen-bond donors (Lipinski definition) is 3. The maximum absolute atomic E-state index is 12.6. The largest absolute Gasteiger partial charge is 0.508 e. The number of aromatic hydroxyl groups is 1. The fraction of sp³-hybridized carbons (Fsp3) is 0.364. The van der Waals surface area contributed by atoms with Gasteiger partial charge in [0.1, 0.15) is 5.75 Å². The first-order valence-corrected chi connectivity index (χ1v) is 13.9. The van der Waals surface area contributed by atoms with Crippen molar-refractivity contribution in [2.45, 2.75) is 66.2 Å². The number of aromatic nitrogens is 1. The summed E-state index contributed by atoms with van der Waals surface area (Å²) < 4.78 is 5.90. The van der Waals surface area contributed by atoms with Crippen LogP contribution >= 0.6 is 0 Å². The highest BCUT2D eigenvalue weighted by molar-refractivity contribution is 5.94. The summed E-state index contributed by atoms with van der Waals surface area (Å²) in [5.41, 5.74) is 4.34. The van der Waals surface area contributed by atoms with E-state index in [9.17, 15) is 19.8 Å². The van der Waals surface area contributed by atoms with Gasteiger partial charge in [-0.1, -0.05) is 50.3 Å². The fourth-order valence-electron chi connectivity index (χ4n) is 4.54. The van der Waals surface area contributed by atoms with Crippen molar-refractivity contribution >= 4 is 29.7 Å². The molecule has 0 fully saturated rings.